The van der Waals surface area contributed by atoms with Crippen LogP contribution in [0.3, 0.4) is 0 Å². The van der Waals surface area contributed by atoms with Gasteiger partial charge in [-0.1, -0.05) is 29.8 Å². The number of hydrogen-bond acceptors (Lipinski definition) is 3. The lowest BCUT2D eigenvalue weighted by Gasteiger charge is -2.05. The highest BCUT2D eigenvalue weighted by molar-refractivity contribution is 7.89. The molecule has 0 radical (unpaired) electrons. The first kappa shape index (κ1) is 13.8. The summed E-state index contributed by atoms with van der Waals surface area (Å²) in [6.45, 7) is 2.00. The first-order chi connectivity index (χ1) is 9.01. The molecule has 1 aromatic carbocycles. The van der Waals surface area contributed by atoms with Crippen LogP contribution in [0.15, 0.2) is 41.4 Å². The molecule has 0 atom stereocenters. The Morgan fingerprint density at radius 2 is 1.95 bits per heavy atom. The van der Waals surface area contributed by atoms with Gasteiger partial charge in [-0.15, -0.1) is 0 Å². The minimum absolute atomic E-state index is 0.128. The second-order valence-corrected chi connectivity index (χ2v) is 6.10. The second kappa shape index (κ2) is 5.56. The monoisotopic (exact) mass is 280 g/mol. The minimum atomic E-state index is -3.55. The van der Waals surface area contributed by atoms with Crippen LogP contribution < -0.4 is 4.72 Å². The van der Waals surface area contributed by atoms with Gasteiger partial charge in [-0.3, -0.25) is 0 Å². The number of aromatic nitrogens is 1. The van der Waals surface area contributed by atoms with E-state index in [4.69, 9.17) is 5.11 Å². The SMILES string of the molecule is Cc1ccc(CNS(=O)(=O)c2c[nH]c(CO)c2)cc1. The van der Waals surface area contributed by atoms with Crippen molar-refractivity contribution in [2.45, 2.75) is 25.0 Å². The van der Waals surface area contributed by atoms with Gasteiger partial charge >= 0.3 is 0 Å². The second-order valence-electron chi connectivity index (χ2n) is 4.33. The molecule has 0 saturated carbocycles. The molecule has 0 bridgehead atoms. The maximum absolute atomic E-state index is 12.0. The Morgan fingerprint density at radius 1 is 1.26 bits per heavy atom. The third kappa shape index (κ3) is 3.44. The standard InChI is InChI=1S/C13H16N2O3S/c1-10-2-4-11(5-3-10)7-15-19(17,18)13-6-12(9-16)14-8-13/h2-6,8,14-16H,7,9H2,1H3. The summed E-state index contributed by atoms with van der Waals surface area (Å²) in [4.78, 5) is 2.83. The number of sulfonamides is 1. The van der Waals surface area contributed by atoms with Gasteiger partial charge in [-0.2, -0.15) is 0 Å². The average Bonchev–Trinajstić information content (AvgIpc) is 2.88. The van der Waals surface area contributed by atoms with Crippen molar-refractivity contribution in [3.63, 3.8) is 0 Å². The molecule has 0 aliphatic heterocycles. The van der Waals surface area contributed by atoms with E-state index in [9.17, 15) is 8.42 Å². The van der Waals surface area contributed by atoms with Crippen molar-refractivity contribution < 1.29 is 13.5 Å². The van der Waals surface area contributed by atoms with Crippen molar-refractivity contribution in [1.29, 1.82) is 0 Å². The molecule has 0 aliphatic carbocycles. The van der Waals surface area contributed by atoms with Crippen LogP contribution in [0.4, 0.5) is 0 Å². The quantitative estimate of drug-likeness (QED) is 0.772. The topological polar surface area (TPSA) is 82.2 Å². The summed E-state index contributed by atoms with van der Waals surface area (Å²) in [6.07, 6.45) is 1.36. The number of aliphatic hydroxyl groups is 1. The van der Waals surface area contributed by atoms with Crippen LogP contribution in [0.1, 0.15) is 16.8 Å². The zero-order valence-corrected chi connectivity index (χ0v) is 11.4. The number of aliphatic hydroxyl groups excluding tert-OH is 1. The summed E-state index contributed by atoms with van der Waals surface area (Å²) in [5.74, 6) is 0. The highest BCUT2D eigenvalue weighted by Crippen LogP contribution is 2.11. The van der Waals surface area contributed by atoms with Crippen LogP contribution in [0.5, 0.6) is 0 Å². The maximum Gasteiger partial charge on any atom is 0.242 e. The fourth-order valence-electron chi connectivity index (χ4n) is 1.63. The molecule has 102 valence electrons. The van der Waals surface area contributed by atoms with Gasteiger partial charge in [0.2, 0.25) is 10.0 Å². The summed E-state index contributed by atoms with van der Waals surface area (Å²) < 4.78 is 26.5. The Kier molecular flexibility index (Phi) is 4.04. The zero-order chi connectivity index (χ0) is 13.9. The number of aromatic amines is 1. The van der Waals surface area contributed by atoms with E-state index in [0.29, 0.717) is 5.69 Å². The summed E-state index contributed by atoms with van der Waals surface area (Å²) in [6, 6.07) is 9.05. The van der Waals surface area contributed by atoms with Gasteiger partial charge in [0.05, 0.1) is 11.5 Å². The molecule has 19 heavy (non-hydrogen) atoms. The number of aryl methyl sites for hydroxylation is 1. The Hall–Kier alpha value is -1.63. The van der Waals surface area contributed by atoms with E-state index in [2.05, 4.69) is 9.71 Å². The van der Waals surface area contributed by atoms with Gasteiger partial charge < -0.3 is 10.1 Å². The molecular formula is C13H16N2O3S. The number of H-pyrrole nitrogens is 1. The molecular weight excluding hydrogens is 264 g/mol. The molecule has 0 fully saturated rings. The van der Waals surface area contributed by atoms with Crippen molar-refractivity contribution >= 4 is 10.0 Å². The van der Waals surface area contributed by atoms with Gasteiger partial charge in [0.25, 0.3) is 0 Å². The Bertz CT molecular complexity index is 645. The predicted octanol–water partition coefficient (Wildman–Crippen LogP) is 1.29. The van der Waals surface area contributed by atoms with Crippen LogP contribution in [0.25, 0.3) is 0 Å². The Labute approximate surface area is 112 Å². The van der Waals surface area contributed by atoms with E-state index < -0.39 is 10.0 Å². The van der Waals surface area contributed by atoms with Crippen LogP contribution >= 0.6 is 0 Å². The van der Waals surface area contributed by atoms with E-state index >= 15 is 0 Å². The predicted molar refractivity (Wildman–Crippen MR) is 71.9 cm³/mol. The number of hydrogen-bond donors (Lipinski definition) is 3. The number of benzene rings is 1. The lowest BCUT2D eigenvalue weighted by atomic mass is 10.2. The van der Waals surface area contributed by atoms with E-state index in [0.717, 1.165) is 11.1 Å². The summed E-state index contributed by atoms with van der Waals surface area (Å²) in [5.41, 5.74) is 2.49. The summed E-state index contributed by atoms with van der Waals surface area (Å²) in [7, 11) is -3.55. The molecule has 2 aromatic rings. The van der Waals surface area contributed by atoms with Gasteiger partial charge in [0.15, 0.2) is 0 Å². The van der Waals surface area contributed by atoms with Gasteiger partial charge in [-0.25, -0.2) is 13.1 Å². The third-order valence-electron chi connectivity index (χ3n) is 2.78. The molecule has 0 saturated heterocycles. The van der Waals surface area contributed by atoms with Gasteiger partial charge in [-0.05, 0) is 18.6 Å². The normalized spacial score (nSPS) is 11.7. The lowest BCUT2D eigenvalue weighted by Crippen LogP contribution is -2.22. The Morgan fingerprint density at radius 3 is 2.53 bits per heavy atom. The molecule has 0 unspecified atom stereocenters. The van der Waals surface area contributed by atoms with E-state index in [1.165, 1.54) is 12.3 Å². The smallest absolute Gasteiger partial charge is 0.242 e. The summed E-state index contributed by atoms with van der Waals surface area (Å²) >= 11 is 0. The van der Waals surface area contributed by atoms with E-state index in [1.807, 2.05) is 31.2 Å². The first-order valence-electron chi connectivity index (χ1n) is 5.84. The third-order valence-corrected chi connectivity index (χ3v) is 4.16. The van der Waals surface area contributed by atoms with Gasteiger partial charge in [0, 0.05) is 18.4 Å². The fraction of sp³-hybridized carbons (Fsp3) is 0.231. The van der Waals surface area contributed by atoms with Crippen molar-refractivity contribution in [3.8, 4) is 0 Å². The molecule has 5 nitrogen and oxygen atoms in total. The molecule has 1 heterocycles. The highest BCUT2D eigenvalue weighted by atomic mass is 32.2. The minimum Gasteiger partial charge on any atom is -0.390 e. The molecule has 3 N–H and O–H groups in total. The fourth-order valence-corrected chi connectivity index (χ4v) is 2.67. The molecule has 1 aromatic heterocycles. The maximum atomic E-state index is 12.0. The molecule has 0 aliphatic rings. The largest absolute Gasteiger partial charge is 0.390 e. The molecule has 6 heteroatoms. The van der Waals surface area contributed by atoms with E-state index in [-0.39, 0.29) is 18.0 Å². The molecule has 2 rings (SSSR count). The van der Waals surface area contributed by atoms with E-state index in [1.54, 1.807) is 0 Å². The first-order valence-corrected chi connectivity index (χ1v) is 7.33. The van der Waals surface area contributed by atoms with Crippen molar-refractivity contribution in [2.24, 2.45) is 0 Å². The van der Waals surface area contributed by atoms with Crippen LogP contribution in [-0.2, 0) is 23.2 Å². The number of nitrogens with one attached hydrogen (secondary N) is 2. The molecule has 0 amide bonds. The van der Waals surface area contributed by atoms with Crippen molar-refractivity contribution in [2.75, 3.05) is 0 Å². The van der Waals surface area contributed by atoms with Gasteiger partial charge in [0.1, 0.15) is 0 Å². The lowest BCUT2D eigenvalue weighted by molar-refractivity contribution is 0.277. The van der Waals surface area contributed by atoms with Crippen LogP contribution in [-0.4, -0.2) is 18.5 Å². The zero-order valence-electron chi connectivity index (χ0n) is 10.6. The van der Waals surface area contributed by atoms with Crippen LogP contribution in [0.2, 0.25) is 0 Å². The van der Waals surface area contributed by atoms with Crippen molar-refractivity contribution in [1.82, 2.24) is 9.71 Å². The summed E-state index contributed by atoms with van der Waals surface area (Å²) in [5, 5.41) is 8.90. The van der Waals surface area contributed by atoms with Crippen LogP contribution in [0, 0.1) is 6.92 Å². The average molecular weight is 280 g/mol. The molecule has 0 spiro atoms. The van der Waals surface area contributed by atoms with Crippen molar-refractivity contribution in [3.05, 3.63) is 53.3 Å². The highest BCUT2D eigenvalue weighted by Gasteiger charge is 2.15. The Balaban J connectivity index is 2.07. The number of rotatable bonds is 5.